The molecule has 8 heavy (non-hydrogen) atoms. The fourth-order valence-electron chi connectivity index (χ4n) is 0.769. The topological polar surface area (TPSA) is 12.4 Å². The Hall–Kier alpha value is -0.590. The van der Waals surface area contributed by atoms with Gasteiger partial charge in [0.05, 0.1) is 0 Å². The number of aliphatic imine (C=N–C) groups is 1. The fraction of sp³-hybridized carbons (Fsp3) is 0.571. The molecule has 0 aliphatic carbocycles. The van der Waals surface area contributed by atoms with Gasteiger partial charge in [0.25, 0.3) is 0 Å². The molecule has 0 aromatic rings. The zero-order valence-electron chi connectivity index (χ0n) is 5.39. The summed E-state index contributed by atoms with van der Waals surface area (Å²) in [5, 5.41) is 0. The van der Waals surface area contributed by atoms with Crippen LogP contribution in [0.4, 0.5) is 0 Å². The van der Waals surface area contributed by atoms with E-state index in [2.05, 4.69) is 24.9 Å². The van der Waals surface area contributed by atoms with E-state index in [1.54, 1.807) is 0 Å². The zero-order valence-corrected chi connectivity index (χ0v) is 5.39. The molecule has 0 aromatic carbocycles. The molecule has 1 heteroatoms. The highest BCUT2D eigenvalue weighted by Crippen LogP contribution is 2.14. The Bertz CT molecular complexity index is 131. The number of hydrogen-bond donors (Lipinski definition) is 0. The van der Waals surface area contributed by atoms with Gasteiger partial charge in [0.15, 0.2) is 0 Å². The molecule has 1 aliphatic heterocycles. The van der Waals surface area contributed by atoms with Crippen LogP contribution in [0.15, 0.2) is 16.8 Å². The molecule has 0 bridgehead atoms. The maximum Gasteiger partial charge on any atom is 0.0389 e. The molecule has 0 unspecified atom stereocenters. The van der Waals surface area contributed by atoms with Gasteiger partial charge in [-0.3, -0.25) is 4.99 Å². The van der Waals surface area contributed by atoms with Gasteiger partial charge in [-0.25, -0.2) is 0 Å². The predicted octanol–water partition coefficient (Wildman–Crippen LogP) is 2.00. The molecule has 1 heterocycles. The number of hydrogen-bond acceptors (Lipinski definition) is 1. The van der Waals surface area contributed by atoms with Crippen molar-refractivity contribution in [2.45, 2.75) is 20.3 Å². The van der Waals surface area contributed by atoms with E-state index < -0.39 is 0 Å². The smallest absolute Gasteiger partial charge is 0.0389 e. The van der Waals surface area contributed by atoms with E-state index in [9.17, 15) is 0 Å². The van der Waals surface area contributed by atoms with Gasteiger partial charge in [0, 0.05) is 18.3 Å². The molecule has 0 radical (unpaired) electrons. The number of allylic oxidation sites excluding steroid dienone is 2. The van der Waals surface area contributed by atoms with Crippen molar-refractivity contribution in [2.75, 3.05) is 0 Å². The first kappa shape index (κ1) is 5.54. The first-order chi connectivity index (χ1) is 3.80. The van der Waals surface area contributed by atoms with Crippen molar-refractivity contribution in [2.24, 2.45) is 10.9 Å². The summed E-state index contributed by atoms with van der Waals surface area (Å²) in [7, 11) is 0. The van der Waals surface area contributed by atoms with Gasteiger partial charge in [-0.2, -0.15) is 0 Å². The molecule has 1 rings (SSSR count). The van der Waals surface area contributed by atoms with Crippen LogP contribution in [0.5, 0.6) is 0 Å². The lowest BCUT2D eigenvalue weighted by molar-refractivity contribution is 0.761. The summed E-state index contributed by atoms with van der Waals surface area (Å²) in [6, 6.07) is 0. The van der Waals surface area contributed by atoms with E-state index in [-0.39, 0.29) is 0 Å². The third kappa shape index (κ3) is 0.971. The molecule has 1 aliphatic rings. The summed E-state index contributed by atoms with van der Waals surface area (Å²) >= 11 is 0. The van der Waals surface area contributed by atoms with Crippen molar-refractivity contribution in [3.8, 4) is 0 Å². The standard InChI is InChI=1S/C7H11N/c1-6(2)7-4-3-5-8-7/h4-6H,3H2,1-2H3. The second-order valence-corrected chi connectivity index (χ2v) is 2.33. The average molecular weight is 109 g/mol. The SMILES string of the molecule is CC(C)C1=CCC=N1. The van der Waals surface area contributed by atoms with Crippen molar-refractivity contribution in [3.05, 3.63) is 11.8 Å². The van der Waals surface area contributed by atoms with Crippen molar-refractivity contribution in [3.63, 3.8) is 0 Å². The Morgan fingerprint density at radius 2 is 2.38 bits per heavy atom. The predicted molar refractivity (Wildman–Crippen MR) is 36.0 cm³/mol. The summed E-state index contributed by atoms with van der Waals surface area (Å²) in [4.78, 5) is 4.17. The molecular weight excluding hydrogens is 98.1 g/mol. The molecule has 1 nitrogen and oxygen atoms in total. The quantitative estimate of drug-likeness (QED) is 0.488. The third-order valence-corrected chi connectivity index (χ3v) is 1.26. The minimum absolute atomic E-state index is 0.605. The second-order valence-electron chi connectivity index (χ2n) is 2.33. The minimum Gasteiger partial charge on any atom is -0.265 e. The van der Waals surface area contributed by atoms with Gasteiger partial charge < -0.3 is 0 Å². The number of rotatable bonds is 1. The largest absolute Gasteiger partial charge is 0.265 e. The van der Waals surface area contributed by atoms with Crippen LogP contribution in [-0.2, 0) is 0 Å². The van der Waals surface area contributed by atoms with E-state index in [1.807, 2.05) is 6.21 Å². The fourth-order valence-corrected chi connectivity index (χ4v) is 0.769. The van der Waals surface area contributed by atoms with Gasteiger partial charge in [0.1, 0.15) is 0 Å². The van der Waals surface area contributed by atoms with Crippen molar-refractivity contribution in [1.82, 2.24) is 0 Å². The van der Waals surface area contributed by atoms with Crippen molar-refractivity contribution < 1.29 is 0 Å². The molecule has 44 valence electrons. The minimum atomic E-state index is 0.605. The first-order valence-electron chi connectivity index (χ1n) is 3.03. The highest BCUT2D eigenvalue weighted by Gasteiger charge is 2.01. The molecular formula is C7H11N. The third-order valence-electron chi connectivity index (χ3n) is 1.26. The van der Waals surface area contributed by atoms with E-state index in [4.69, 9.17) is 0 Å². The molecule has 0 spiro atoms. The molecule has 0 amide bonds. The summed E-state index contributed by atoms with van der Waals surface area (Å²) in [5.74, 6) is 0.605. The van der Waals surface area contributed by atoms with Gasteiger partial charge >= 0.3 is 0 Å². The maximum atomic E-state index is 4.17. The average Bonchev–Trinajstić information content (AvgIpc) is 2.12. The van der Waals surface area contributed by atoms with Crippen LogP contribution in [0.1, 0.15) is 20.3 Å². The Kier molecular flexibility index (Phi) is 1.47. The van der Waals surface area contributed by atoms with Crippen LogP contribution in [-0.4, -0.2) is 6.21 Å². The Morgan fingerprint density at radius 1 is 1.62 bits per heavy atom. The van der Waals surface area contributed by atoms with Crippen LogP contribution in [0.3, 0.4) is 0 Å². The summed E-state index contributed by atoms with van der Waals surface area (Å²) in [6.45, 7) is 4.32. The van der Waals surface area contributed by atoms with Crippen molar-refractivity contribution >= 4 is 6.21 Å². The molecule has 0 saturated carbocycles. The molecule has 0 atom stereocenters. The van der Waals surface area contributed by atoms with Gasteiger partial charge in [-0.05, 0) is 5.92 Å². The van der Waals surface area contributed by atoms with E-state index in [0.717, 1.165) is 6.42 Å². The highest BCUT2D eigenvalue weighted by atomic mass is 14.8. The van der Waals surface area contributed by atoms with Crippen LogP contribution in [0.2, 0.25) is 0 Å². The lowest BCUT2D eigenvalue weighted by Gasteiger charge is -1.98. The van der Waals surface area contributed by atoms with Crippen LogP contribution in [0, 0.1) is 5.92 Å². The lowest BCUT2D eigenvalue weighted by Crippen LogP contribution is -1.85. The molecule has 0 N–H and O–H groups in total. The van der Waals surface area contributed by atoms with Gasteiger partial charge in [0.2, 0.25) is 0 Å². The molecule has 0 aromatic heterocycles. The summed E-state index contributed by atoms with van der Waals surface area (Å²) in [5.41, 5.74) is 1.24. The zero-order chi connectivity index (χ0) is 5.98. The summed E-state index contributed by atoms with van der Waals surface area (Å²) < 4.78 is 0. The lowest BCUT2D eigenvalue weighted by atomic mass is 10.1. The highest BCUT2D eigenvalue weighted by molar-refractivity contribution is 5.64. The van der Waals surface area contributed by atoms with E-state index >= 15 is 0 Å². The van der Waals surface area contributed by atoms with Crippen molar-refractivity contribution in [1.29, 1.82) is 0 Å². The normalized spacial score (nSPS) is 17.6. The monoisotopic (exact) mass is 109 g/mol. The second kappa shape index (κ2) is 2.12. The van der Waals surface area contributed by atoms with Crippen LogP contribution in [0.25, 0.3) is 0 Å². The molecule has 0 saturated heterocycles. The number of nitrogens with zero attached hydrogens (tertiary/aromatic N) is 1. The van der Waals surface area contributed by atoms with Crippen LogP contribution >= 0.6 is 0 Å². The summed E-state index contributed by atoms with van der Waals surface area (Å²) in [6.07, 6.45) is 5.16. The van der Waals surface area contributed by atoms with Gasteiger partial charge in [-0.1, -0.05) is 19.9 Å². The molecule has 0 fully saturated rings. The Labute approximate surface area is 50.1 Å². The van der Waals surface area contributed by atoms with Gasteiger partial charge in [-0.15, -0.1) is 0 Å². The Balaban J connectivity index is 2.58. The van der Waals surface area contributed by atoms with Crippen LogP contribution < -0.4 is 0 Å². The Morgan fingerprint density at radius 3 is 2.62 bits per heavy atom. The first-order valence-corrected chi connectivity index (χ1v) is 3.03. The van der Waals surface area contributed by atoms with E-state index in [0.29, 0.717) is 5.92 Å². The van der Waals surface area contributed by atoms with E-state index in [1.165, 1.54) is 5.70 Å². The maximum absolute atomic E-state index is 4.17.